The molecule has 0 unspecified atom stereocenters. The largest absolute Gasteiger partial charge is 0.380 e. The number of hydrogen-bond acceptors (Lipinski definition) is 2. The molecule has 0 amide bonds. The quantitative estimate of drug-likeness (QED) is 0.752. The van der Waals surface area contributed by atoms with Gasteiger partial charge in [0, 0.05) is 35.3 Å². The first-order valence-corrected chi connectivity index (χ1v) is 8.04. The molecule has 0 saturated heterocycles. The van der Waals surface area contributed by atoms with Crippen LogP contribution in [0.1, 0.15) is 25.8 Å². The molecule has 0 aliphatic carbocycles. The Balaban J connectivity index is 2.06. The predicted octanol–water partition coefficient (Wildman–Crippen LogP) is 3.86. The second kappa shape index (κ2) is 7.83. The van der Waals surface area contributed by atoms with Crippen molar-refractivity contribution in [3.05, 3.63) is 35.0 Å². The molecule has 0 aliphatic rings. The van der Waals surface area contributed by atoms with Crippen LogP contribution in [-0.4, -0.2) is 24.3 Å². The summed E-state index contributed by atoms with van der Waals surface area (Å²) in [5, 5.41) is 2.01. The summed E-state index contributed by atoms with van der Waals surface area (Å²) in [6.45, 7) is 7.48. The molecule has 1 heterocycles. The highest BCUT2D eigenvalue weighted by Crippen LogP contribution is 2.25. The van der Waals surface area contributed by atoms with Crippen LogP contribution in [0, 0.1) is 5.92 Å². The van der Waals surface area contributed by atoms with E-state index in [2.05, 4.69) is 30.7 Å². The molecule has 0 aliphatic heterocycles. The van der Waals surface area contributed by atoms with E-state index in [1.165, 1.54) is 16.5 Å². The van der Waals surface area contributed by atoms with Gasteiger partial charge in [0.05, 0.1) is 6.61 Å². The number of fused-ring (bicyclic) bond motifs is 1. The van der Waals surface area contributed by atoms with E-state index in [0.29, 0.717) is 12.5 Å². The number of nitrogens with zero attached hydrogens (tertiary/aromatic N) is 1. The summed E-state index contributed by atoms with van der Waals surface area (Å²) < 4.78 is 7.94. The molecule has 1 aromatic carbocycles. The molecule has 0 saturated carbocycles. The topological polar surface area (TPSA) is 40.2 Å². The third-order valence-electron chi connectivity index (χ3n) is 3.66. The van der Waals surface area contributed by atoms with Crippen LogP contribution in [0.2, 0.25) is 5.02 Å². The molecule has 1 aromatic heterocycles. The molecular formula is C17H25ClN2O. The van der Waals surface area contributed by atoms with Gasteiger partial charge in [-0.2, -0.15) is 0 Å². The van der Waals surface area contributed by atoms with Crippen LogP contribution in [0.5, 0.6) is 0 Å². The highest BCUT2D eigenvalue weighted by molar-refractivity contribution is 6.31. The van der Waals surface area contributed by atoms with Gasteiger partial charge in [0.25, 0.3) is 0 Å². The molecular weight excluding hydrogens is 284 g/mol. The normalized spacial score (nSPS) is 11.7. The monoisotopic (exact) mass is 308 g/mol. The summed E-state index contributed by atoms with van der Waals surface area (Å²) in [6.07, 6.45) is 4.18. The van der Waals surface area contributed by atoms with E-state index in [1.807, 2.05) is 12.1 Å². The smallest absolute Gasteiger partial charge is 0.0645 e. The maximum atomic E-state index is 6.13. The molecule has 2 rings (SSSR count). The first-order valence-electron chi connectivity index (χ1n) is 7.67. The van der Waals surface area contributed by atoms with Crippen LogP contribution in [0.4, 0.5) is 0 Å². The third-order valence-corrected chi connectivity index (χ3v) is 3.89. The Morgan fingerprint density at radius 1 is 1.29 bits per heavy atom. The minimum absolute atomic E-state index is 0.659. The Hall–Kier alpha value is -1.03. The number of nitrogens with two attached hydrogens (primary N) is 1. The number of ether oxygens (including phenoxy) is 1. The maximum absolute atomic E-state index is 6.13. The number of hydrogen-bond donors (Lipinski definition) is 1. The number of aromatic nitrogens is 1. The number of halogens is 1. The van der Waals surface area contributed by atoms with Crippen molar-refractivity contribution in [2.24, 2.45) is 11.7 Å². The van der Waals surface area contributed by atoms with Gasteiger partial charge in [0.15, 0.2) is 0 Å². The van der Waals surface area contributed by atoms with Crippen LogP contribution in [-0.2, 0) is 17.7 Å². The minimum atomic E-state index is 0.659. The Morgan fingerprint density at radius 3 is 2.81 bits per heavy atom. The number of benzene rings is 1. The summed E-state index contributed by atoms with van der Waals surface area (Å²) in [5.41, 5.74) is 8.15. The molecule has 116 valence electrons. The first kappa shape index (κ1) is 16.3. The average molecular weight is 309 g/mol. The molecule has 0 radical (unpaired) electrons. The summed E-state index contributed by atoms with van der Waals surface area (Å²) in [7, 11) is 0. The molecule has 0 fully saturated rings. The minimum Gasteiger partial charge on any atom is -0.380 e. The molecule has 21 heavy (non-hydrogen) atoms. The summed E-state index contributed by atoms with van der Waals surface area (Å²) in [4.78, 5) is 0. The van der Waals surface area contributed by atoms with E-state index in [0.717, 1.165) is 37.6 Å². The number of rotatable bonds is 8. The summed E-state index contributed by atoms with van der Waals surface area (Å²) in [5.74, 6) is 0.687. The van der Waals surface area contributed by atoms with Crippen LogP contribution in [0.25, 0.3) is 10.9 Å². The van der Waals surface area contributed by atoms with E-state index < -0.39 is 0 Å². The van der Waals surface area contributed by atoms with E-state index in [1.54, 1.807) is 0 Å². The highest BCUT2D eigenvalue weighted by Gasteiger charge is 2.08. The van der Waals surface area contributed by atoms with Gasteiger partial charge in [-0.15, -0.1) is 0 Å². The van der Waals surface area contributed by atoms with E-state index in [9.17, 15) is 0 Å². The zero-order valence-corrected chi connectivity index (χ0v) is 13.7. The van der Waals surface area contributed by atoms with Gasteiger partial charge in [0.2, 0.25) is 0 Å². The SMILES string of the molecule is CC(C)CCOCCn1cc(CCN)c2ccc(Cl)cc21. The fourth-order valence-electron chi connectivity index (χ4n) is 2.46. The van der Waals surface area contributed by atoms with Crippen LogP contribution >= 0.6 is 11.6 Å². The van der Waals surface area contributed by atoms with Crippen molar-refractivity contribution in [2.75, 3.05) is 19.8 Å². The Bertz CT molecular complexity index is 577. The van der Waals surface area contributed by atoms with Crippen LogP contribution in [0.15, 0.2) is 24.4 Å². The molecule has 2 aromatic rings. The van der Waals surface area contributed by atoms with Crippen molar-refractivity contribution in [1.29, 1.82) is 0 Å². The van der Waals surface area contributed by atoms with E-state index in [-0.39, 0.29) is 0 Å². The van der Waals surface area contributed by atoms with Gasteiger partial charge in [-0.25, -0.2) is 0 Å². The molecule has 4 heteroatoms. The van der Waals surface area contributed by atoms with Gasteiger partial charge in [-0.3, -0.25) is 0 Å². The van der Waals surface area contributed by atoms with Crippen molar-refractivity contribution >= 4 is 22.5 Å². The predicted molar refractivity (Wildman–Crippen MR) is 90.0 cm³/mol. The zero-order chi connectivity index (χ0) is 15.2. The third kappa shape index (κ3) is 4.47. The van der Waals surface area contributed by atoms with E-state index in [4.69, 9.17) is 22.1 Å². The van der Waals surface area contributed by atoms with Crippen molar-refractivity contribution in [2.45, 2.75) is 33.2 Å². The summed E-state index contributed by atoms with van der Waals surface area (Å²) in [6, 6.07) is 6.04. The Morgan fingerprint density at radius 2 is 2.10 bits per heavy atom. The maximum Gasteiger partial charge on any atom is 0.0645 e. The fraction of sp³-hybridized carbons (Fsp3) is 0.529. The molecule has 0 bridgehead atoms. The van der Waals surface area contributed by atoms with Gasteiger partial charge < -0.3 is 15.0 Å². The van der Waals surface area contributed by atoms with Crippen molar-refractivity contribution in [1.82, 2.24) is 4.57 Å². The lowest BCUT2D eigenvalue weighted by atomic mass is 10.1. The van der Waals surface area contributed by atoms with Crippen LogP contribution < -0.4 is 5.73 Å². The van der Waals surface area contributed by atoms with Crippen molar-refractivity contribution in [3.63, 3.8) is 0 Å². The van der Waals surface area contributed by atoms with Gasteiger partial charge >= 0.3 is 0 Å². The lowest BCUT2D eigenvalue weighted by Gasteiger charge is -2.08. The van der Waals surface area contributed by atoms with E-state index >= 15 is 0 Å². The molecule has 0 spiro atoms. The molecule has 3 nitrogen and oxygen atoms in total. The second-order valence-electron chi connectivity index (χ2n) is 5.84. The standard InChI is InChI=1S/C17H25ClN2O/c1-13(2)6-9-21-10-8-20-12-14(5-7-19)16-4-3-15(18)11-17(16)20/h3-4,11-13H,5-10,19H2,1-2H3. The van der Waals surface area contributed by atoms with Gasteiger partial charge in [-0.05, 0) is 43.0 Å². The summed E-state index contributed by atoms with van der Waals surface area (Å²) >= 11 is 6.13. The van der Waals surface area contributed by atoms with Gasteiger partial charge in [0.1, 0.15) is 0 Å². The lowest BCUT2D eigenvalue weighted by molar-refractivity contribution is 0.117. The lowest BCUT2D eigenvalue weighted by Crippen LogP contribution is -2.07. The highest BCUT2D eigenvalue weighted by atomic mass is 35.5. The van der Waals surface area contributed by atoms with Gasteiger partial charge in [-0.1, -0.05) is 31.5 Å². The zero-order valence-electron chi connectivity index (χ0n) is 12.9. The fourth-order valence-corrected chi connectivity index (χ4v) is 2.63. The van der Waals surface area contributed by atoms with Crippen LogP contribution in [0.3, 0.4) is 0 Å². The average Bonchev–Trinajstić information content (AvgIpc) is 2.76. The molecule has 2 N–H and O–H groups in total. The molecule has 0 atom stereocenters. The Kier molecular flexibility index (Phi) is 6.09. The van der Waals surface area contributed by atoms with Crippen molar-refractivity contribution < 1.29 is 4.74 Å². The van der Waals surface area contributed by atoms with Crippen molar-refractivity contribution in [3.8, 4) is 0 Å². The first-order chi connectivity index (χ1) is 10.1. The second-order valence-corrected chi connectivity index (χ2v) is 6.28. The Labute approximate surface area is 132 Å².